The number of hydrogen-bond donors (Lipinski definition) is 1. The largest absolute Gasteiger partial charge is 0.318 e. The standard InChI is InChI=1S/C21H20N4S/c1-14-7-6-8-18(11-14)25-15(2)12-17(16(25)3)13-22-24-21-23-19-9-4-5-10-20(19)26-21/h4-13H,1-3H3,(H,23,24)/b22-13-. The highest BCUT2D eigenvalue weighted by Gasteiger charge is 2.09. The molecule has 0 bridgehead atoms. The molecule has 0 amide bonds. The number of aromatic nitrogens is 2. The third-order valence-electron chi connectivity index (χ3n) is 4.39. The molecule has 0 aliphatic carbocycles. The van der Waals surface area contributed by atoms with Crippen LogP contribution in [0.5, 0.6) is 0 Å². The van der Waals surface area contributed by atoms with Crippen LogP contribution in [0.1, 0.15) is 22.5 Å². The maximum atomic E-state index is 4.53. The average Bonchev–Trinajstić information content (AvgIpc) is 3.15. The molecule has 0 saturated carbocycles. The zero-order valence-corrected chi connectivity index (χ0v) is 15.8. The summed E-state index contributed by atoms with van der Waals surface area (Å²) in [6, 6.07) is 18.8. The van der Waals surface area contributed by atoms with E-state index in [9.17, 15) is 0 Å². The van der Waals surface area contributed by atoms with Gasteiger partial charge in [-0.1, -0.05) is 35.6 Å². The number of fused-ring (bicyclic) bond motifs is 1. The molecule has 4 rings (SSSR count). The number of hydrogen-bond acceptors (Lipinski definition) is 4. The minimum atomic E-state index is 0.801. The van der Waals surface area contributed by atoms with Crippen LogP contribution < -0.4 is 5.43 Å². The van der Waals surface area contributed by atoms with Crippen molar-refractivity contribution < 1.29 is 0 Å². The number of rotatable bonds is 4. The number of nitrogens with one attached hydrogen (secondary N) is 1. The second-order valence-corrected chi connectivity index (χ2v) is 7.39. The van der Waals surface area contributed by atoms with E-state index < -0.39 is 0 Å². The fourth-order valence-electron chi connectivity index (χ4n) is 3.16. The molecular weight excluding hydrogens is 340 g/mol. The summed E-state index contributed by atoms with van der Waals surface area (Å²) in [5.41, 5.74) is 9.93. The molecule has 0 unspecified atom stereocenters. The SMILES string of the molecule is Cc1cccc(-n2c(C)cc(/C=N\Nc3nc4ccccc4s3)c2C)c1. The smallest absolute Gasteiger partial charge is 0.204 e. The van der Waals surface area contributed by atoms with E-state index in [0.717, 1.165) is 20.9 Å². The molecule has 130 valence electrons. The van der Waals surface area contributed by atoms with Crippen LogP contribution in [0.4, 0.5) is 5.13 Å². The van der Waals surface area contributed by atoms with E-state index in [4.69, 9.17) is 0 Å². The molecule has 4 aromatic rings. The molecule has 0 fully saturated rings. The third-order valence-corrected chi connectivity index (χ3v) is 5.33. The van der Waals surface area contributed by atoms with Crippen LogP contribution in [0.15, 0.2) is 59.7 Å². The van der Waals surface area contributed by atoms with Gasteiger partial charge in [0.05, 0.1) is 16.4 Å². The highest BCUT2D eigenvalue weighted by Crippen LogP contribution is 2.25. The molecule has 2 aromatic heterocycles. The van der Waals surface area contributed by atoms with Crippen LogP contribution in [-0.2, 0) is 0 Å². The summed E-state index contributed by atoms with van der Waals surface area (Å²) in [5.74, 6) is 0. The Balaban J connectivity index is 1.58. The molecule has 0 spiro atoms. The van der Waals surface area contributed by atoms with E-state index in [1.165, 1.54) is 22.6 Å². The Kier molecular flexibility index (Phi) is 4.31. The molecular formula is C21H20N4S. The molecule has 5 heteroatoms. The topological polar surface area (TPSA) is 42.2 Å². The maximum Gasteiger partial charge on any atom is 0.204 e. The highest BCUT2D eigenvalue weighted by molar-refractivity contribution is 7.22. The van der Waals surface area contributed by atoms with Crippen molar-refractivity contribution in [2.24, 2.45) is 5.10 Å². The van der Waals surface area contributed by atoms with E-state index >= 15 is 0 Å². The first-order valence-electron chi connectivity index (χ1n) is 8.52. The van der Waals surface area contributed by atoms with E-state index in [1.54, 1.807) is 11.3 Å². The summed E-state index contributed by atoms with van der Waals surface area (Å²) in [6.45, 7) is 6.35. The van der Waals surface area contributed by atoms with Crippen molar-refractivity contribution in [2.45, 2.75) is 20.8 Å². The zero-order chi connectivity index (χ0) is 18.1. The second kappa shape index (κ2) is 6.77. The van der Waals surface area contributed by atoms with E-state index in [2.05, 4.69) is 77.2 Å². The number of hydrazone groups is 1. The van der Waals surface area contributed by atoms with Crippen molar-refractivity contribution in [3.8, 4) is 5.69 Å². The van der Waals surface area contributed by atoms with Crippen molar-refractivity contribution in [2.75, 3.05) is 5.43 Å². The molecule has 2 heterocycles. The van der Waals surface area contributed by atoms with Crippen LogP contribution >= 0.6 is 11.3 Å². The Morgan fingerprint density at radius 2 is 1.88 bits per heavy atom. The van der Waals surface area contributed by atoms with Gasteiger partial charge in [0, 0.05) is 22.6 Å². The minimum absolute atomic E-state index is 0.801. The first-order valence-corrected chi connectivity index (χ1v) is 9.34. The minimum Gasteiger partial charge on any atom is -0.318 e. The molecule has 4 nitrogen and oxygen atoms in total. The van der Waals surface area contributed by atoms with Crippen molar-refractivity contribution in [1.82, 2.24) is 9.55 Å². The monoisotopic (exact) mass is 360 g/mol. The van der Waals surface area contributed by atoms with Crippen LogP contribution in [-0.4, -0.2) is 15.8 Å². The second-order valence-electron chi connectivity index (χ2n) is 6.36. The Morgan fingerprint density at radius 3 is 2.69 bits per heavy atom. The average molecular weight is 360 g/mol. The van der Waals surface area contributed by atoms with E-state index in [0.29, 0.717) is 0 Å². The number of benzene rings is 2. The number of thiazole rings is 1. The molecule has 1 N–H and O–H groups in total. The Bertz CT molecular complexity index is 1070. The van der Waals surface area contributed by atoms with E-state index in [-0.39, 0.29) is 0 Å². The maximum absolute atomic E-state index is 4.53. The number of nitrogens with zero attached hydrogens (tertiary/aromatic N) is 3. The van der Waals surface area contributed by atoms with E-state index in [1.807, 2.05) is 24.4 Å². The van der Waals surface area contributed by atoms with Gasteiger partial charge in [0.1, 0.15) is 0 Å². The molecule has 26 heavy (non-hydrogen) atoms. The van der Waals surface area contributed by atoms with Gasteiger partial charge in [-0.15, -0.1) is 0 Å². The molecule has 0 aliphatic rings. The Hall–Kier alpha value is -2.92. The molecule has 2 aromatic carbocycles. The highest BCUT2D eigenvalue weighted by atomic mass is 32.1. The van der Waals surface area contributed by atoms with Gasteiger partial charge in [0.2, 0.25) is 5.13 Å². The van der Waals surface area contributed by atoms with Crippen molar-refractivity contribution >= 4 is 32.9 Å². The lowest BCUT2D eigenvalue weighted by Gasteiger charge is -2.10. The fourth-order valence-corrected chi connectivity index (χ4v) is 3.98. The summed E-state index contributed by atoms with van der Waals surface area (Å²) >= 11 is 1.60. The molecule has 0 aliphatic heterocycles. The van der Waals surface area contributed by atoms with Gasteiger partial charge < -0.3 is 4.57 Å². The van der Waals surface area contributed by atoms with Gasteiger partial charge in [-0.2, -0.15) is 5.10 Å². The van der Waals surface area contributed by atoms with Crippen molar-refractivity contribution in [3.05, 3.63) is 77.1 Å². The van der Waals surface area contributed by atoms with Crippen LogP contribution in [0, 0.1) is 20.8 Å². The van der Waals surface area contributed by atoms with Gasteiger partial charge in [-0.05, 0) is 56.7 Å². The van der Waals surface area contributed by atoms with Crippen LogP contribution in [0.3, 0.4) is 0 Å². The summed E-state index contributed by atoms with van der Waals surface area (Å²) in [7, 11) is 0. The van der Waals surface area contributed by atoms with Gasteiger partial charge in [-0.3, -0.25) is 5.43 Å². The Morgan fingerprint density at radius 1 is 1.04 bits per heavy atom. The normalized spacial score (nSPS) is 11.5. The summed E-state index contributed by atoms with van der Waals surface area (Å²) in [6.07, 6.45) is 1.86. The predicted molar refractivity (Wildman–Crippen MR) is 111 cm³/mol. The first kappa shape index (κ1) is 16.5. The lowest BCUT2D eigenvalue weighted by molar-refractivity contribution is 0.963. The van der Waals surface area contributed by atoms with Crippen LogP contribution in [0.25, 0.3) is 15.9 Å². The lowest BCUT2D eigenvalue weighted by atomic mass is 10.2. The van der Waals surface area contributed by atoms with Gasteiger partial charge in [0.25, 0.3) is 0 Å². The van der Waals surface area contributed by atoms with Crippen molar-refractivity contribution in [1.29, 1.82) is 0 Å². The number of anilines is 1. The quantitative estimate of drug-likeness (QED) is 0.388. The molecule has 0 saturated heterocycles. The number of aryl methyl sites for hydroxylation is 2. The molecule has 0 atom stereocenters. The lowest BCUT2D eigenvalue weighted by Crippen LogP contribution is -2.00. The third kappa shape index (κ3) is 3.13. The Labute approximate surface area is 156 Å². The van der Waals surface area contributed by atoms with Gasteiger partial charge in [-0.25, -0.2) is 4.98 Å². The van der Waals surface area contributed by atoms with Gasteiger partial charge >= 0.3 is 0 Å². The summed E-state index contributed by atoms with van der Waals surface area (Å²) < 4.78 is 3.41. The van der Waals surface area contributed by atoms with Crippen LogP contribution in [0.2, 0.25) is 0 Å². The fraction of sp³-hybridized carbons (Fsp3) is 0.143. The van der Waals surface area contributed by atoms with Gasteiger partial charge in [0.15, 0.2) is 0 Å². The zero-order valence-electron chi connectivity index (χ0n) is 15.0. The number of para-hydroxylation sites is 1. The summed E-state index contributed by atoms with van der Waals surface area (Å²) in [5, 5.41) is 5.19. The molecule has 0 radical (unpaired) electrons. The van der Waals surface area contributed by atoms with Crippen molar-refractivity contribution in [3.63, 3.8) is 0 Å². The predicted octanol–water partition coefficient (Wildman–Crippen LogP) is 5.46. The first-order chi connectivity index (χ1) is 12.6. The summed E-state index contributed by atoms with van der Waals surface area (Å²) in [4.78, 5) is 4.53.